The number of nitrogens with zero attached hydrogens (tertiary/aromatic N) is 1. The number of nitriles is 1. The molecule has 0 saturated carbocycles. The van der Waals surface area contributed by atoms with Crippen LogP contribution in [0, 0.1) is 11.3 Å². The highest BCUT2D eigenvalue weighted by atomic mass is 16.8. The molecular formula is C8H13NO3. The van der Waals surface area contributed by atoms with E-state index < -0.39 is 18.0 Å². The van der Waals surface area contributed by atoms with Crippen molar-refractivity contribution in [2.24, 2.45) is 0 Å². The summed E-state index contributed by atoms with van der Waals surface area (Å²) in [6, 6.07) is 1.73. The van der Waals surface area contributed by atoms with Crippen LogP contribution < -0.4 is 0 Å². The molecule has 1 N–H and O–H groups in total. The Kier molecular flexibility index (Phi) is 2.38. The van der Waals surface area contributed by atoms with Crippen LogP contribution in [-0.4, -0.2) is 29.2 Å². The molecule has 0 amide bonds. The molecule has 3 atom stereocenters. The molecule has 1 rings (SSSR count). The lowest BCUT2D eigenvalue weighted by Crippen LogP contribution is -2.32. The average Bonchev–Trinajstić information content (AvgIpc) is 2.23. The Bertz CT molecular complexity index is 209. The SMILES string of the molecule is CC1OC(C)(C)OC1C(O)C#N. The Morgan fingerprint density at radius 3 is 2.42 bits per heavy atom. The summed E-state index contributed by atoms with van der Waals surface area (Å²) in [6.45, 7) is 5.29. The van der Waals surface area contributed by atoms with E-state index in [1.807, 2.05) is 0 Å². The minimum absolute atomic E-state index is 0.241. The van der Waals surface area contributed by atoms with E-state index in [-0.39, 0.29) is 6.10 Å². The molecule has 0 spiro atoms. The lowest BCUT2D eigenvalue weighted by molar-refractivity contribution is -0.151. The van der Waals surface area contributed by atoms with Gasteiger partial charge in [-0.3, -0.25) is 0 Å². The molecule has 4 heteroatoms. The monoisotopic (exact) mass is 171 g/mol. The van der Waals surface area contributed by atoms with E-state index in [2.05, 4.69) is 0 Å². The van der Waals surface area contributed by atoms with Gasteiger partial charge in [0.25, 0.3) is 0 Å². The van der Waals surface area contributed by atoms with E-state index >= 15 is 0 Å². The third-order valence-corrected chi connectivity index (χ3v) is 1.80. The van der Waals surface area contributed by atoms with Gasteiger partial charge in [0, 0.05) is 0 Å². The highest BCUT2D eigenvalue weighted by Gasteiger charge is 2.42. The van der Waals surface area contributed by atoms with E-state index in [0.717, 1.165) is 0 Å². The van der Waals surface area contributed by atoms with Gasteiger partial charge in [-0.1, -0.05) is 0 Å². The molecule has 0 aromatic carbocycles. The first kappa shape index (κ1) is 9.46. The van der Waals surface area contributed by atoms with Crippen molar-refractivity contribution in [3.63, 3.8) is 0 Å². The second-order valence-electron chi connectivity index (χ2n) is 3.38. The van der Waals surface area contributed by atoms with Crippen LogP contribution in [0.15, 0.2) is 0 Å². The molecule has 12 heavy (non-hydrogen) atoms. The van der Waals surface area contributed by atoms with Crippen LogP contribution in [0.5, 0.6) is 0 Å². The van der Waals surface area contributed by atoms with Crippen molar-refractivity contribution >= 4 is 0 Å². The molecule has 0 radical (unpaired) electrons. The first-order valence-electron chi connectivity index (χ1n) is 3.89. The third kappa shape index (κ3) is 1.75. The highest BCUT2D eigenvalue weighted by Crippen LogP contribution is 2.29. The van der Waals surface area contributed by atoms with E-state index in [1.54, 1.807) is 26.8 Å². The van der Waals surface area contributed by atoms with E-state index in [9.17, 15) is 5.11 Å². The van der Waals surface area contributed by atoms with Gasteiger partial charge in [0.05, 0.1) is 12.2 Å². The molecule has 0 aliphatic carbocycles. The maximum absolute atomic E-state index is 9.19. The minimum atomic E-state index is -1.11. The molecule has 0 aromatic heterocycles. The van der Waals surface area contributed by atoms with Crippen LogP contribution in [0.25, 0.3) is 0 Å². The molecular weight excluding hydrogens is 158 g/mol. The van der Waals surface area contributed by atoms with Crippen molar-refractivity contribution in [1.29, 1.82) is 5.26 Å². The van der Waals surface area contributed by atoms with Gasteiger partial charge < -0.3 is 14.6 Å². The molecule has 1 fully saturated rings. The van der Waals surface area contributed by atoms with Gasteiger partial charge >= 0.3 is 0 Å². The maximum Gasteiger partial charge on any atom is 0.169 e. The molecule has 1 aliphatic heterocycles. The summed E-state index contributed by atoms with van der Waals surface area (Å²) in [5.74, 6) is -0.693. The average molecular weight is 171 g/mol. The Hall–Kier alpha value is -0.630. The summed E-state index contributed by atoms with van der Waals surface area (Å²) in [5, 5.41) is 17.6. The second kappa shape index (κ2) is 3.02. The van der Waals surface area contributed by atoms with Crippen LogP contribution in [0.2, 0.25) is 0 Å². The maximum atomic E-state index is 9.19. The van der Waals surface area contributed by atoms with Gasteiger partial charge in [0.15, 0.2) is 11.9 Å². The van der Waals surface area contributed by atoms with Crippen molar-refractivity contribution < 1.29 is 14.6 Å². The van der Waals surface area contributed by atoms with Gasteiger partial charge in [-0.25, -0.2) is 0 Å². The van der Waals surface area contributed by atoms with Crippen LogP contribution in [0.4, 0.5) is 0 Å². The quantitative estimate of drug-likeness (QED) is 0.580. The largest absolute Gasteiger partial charge is 0.375 e. The normalized spacial score (nSPS) is 35.9. The molecule has 1 saturated heterocycles. The third-order valence-electron chi connectivity index (χ3n) is 1.80. The van der Waals surface area contributed by atoms with E-state index in [4.69, 9.17) is 14.7 Å². The van der Waals surface area contributed by atoms with E-state index in [0.29, 0.717) is 0 Å². The number of ether oxygens (including phenoxy) is 2. The fraction of sp³-hybridized carbons (Fsp3) is 0.875. The van der Waals surface area contributed by atoms with E-state index in [1.165, 1.54) is 0 Å². The van der Waals surface area contributed by atoms with Crippen molar-refractivity contribution in [3.05, 3.63) is 0 Å². The molecule has 68 valence electrons. The molecule has 4 nitrogen and oxygen atoms in total. The van der Waals surface area contributed by atoms with Gasteiger partial charge in [0.2, 0.25) is 0 Å². The predicted molar refractivity (Wildman–Crippen MR) is 41.1 cm³/mol. The Morgan fingerprint density at radius 1 is 1.50 bits per heavy atom. The zero-order chi connectivity index (χ0) is 9.35. The summed E-state index contributed by atoms with van der Waals surface area (Å²) in [7, 11) is 0. The Morgan fingerprint density at radius 2 is 2.08 bits per heavy atom. The standard InChI is InChI=1S/C8H13NO3/c1-5-7(6(10)4-9)12-8(2,3)11-5/h5-7,10H,1-3H3. The molecule has 3 unspecified atom stereocenters. The zero-order valence-electron chi connectivity index (χ0n) is 7.44. The summed E-state index contributed by atoms with van der Waals surface area (Å²) >= 11 is 0. The van der Waals surface area contributed by atoms with Gasteiger partial charge in [0.1, 0.15) is 6.10 Å². The number of aliphatic hydroxyl groups is 1. The lowest BCUT2D eigenvalue weighted by atomic mass is 10.1. The number of hydrogen-bond donors (Lipinski definition) is 1. The zero-order valence-corrected chi connectivity index (χ0v) is 7.44. The fourth-order valence-electron chi connectivity index (χ4n) is 1.36. The summed E-state index contributed by atoms with van der Waals surface area (Å²) in [5.41, 5.74) is 0. The first-order chi connectivity index (χ1) is 5.46. The van der Waals surface area contributed by atoms with Crippen LogP contribution in [-0.2, 0) is 9.47 Å². The molecule has 0 aromatic rings. The van der Waals surface area contributed by atoms with Gasteiger partial charge in [-0.05, 0) is 20.8 Å². The van der Waals surface area contributed by atoms with Crippen molar-refractivity contribution in [3.8, 4) is 6.07 Å². The summed E-state index contributed by atoms with van der Waals surface area (Å²) < 4.78 is 10.7. The van der Waals surface area contributed by atoms with Crippen LogP contribution in [0.1, 0.15) is 20.8 Å². The van der Waals surface area contributed by atoms with Crippen LogP contribution in [0.3, 0.4) is 0 Å². The minimum Gasteiger partial charge on any atom is -0.375 e. The number of rotatable bonds is 1. The Labute approximate surface area is 71.7 Å². The van der Waals surface area contributed by atoms with Gasteiger partial charge in [-0.15, -0.1) is 0 Å². The topological polar surface area (TPSA) is 62.5 Å². The number of hydrogen-bond acceptors (Lipinski definition) is 4. The molecule has 1 aliphatic rings. The lowest BCUT2D eigenvalue weighted by Gasteiger charge is -2.17. The summed E-state index contributed by atoms with van der Waals surface area (Å²) in [4.78, 5) is 0. The van der Waals surface area contributed by atoms with Crippen molar-refractivity contribution in [2.75, 3.05) is 0 Å². The predicted octanol–water partition coefficient (Wildman–Crippen LogP) is 0.411. The second-order valence-corrected chi connectivity index (χ2v) is 3.38. The smallest absolute Gasteiger partial charge is 0.169 e. The van der Waals surface area contributed by atoms with Gasteiger partial charge in [-0.2, -0.15) is 5.26 Å². The molecule has 1 heterocycles. The molecule has 0 bridgehead atoms. The van der Waals surface area contributed by atoms with Crippen LogP contribution >= 0.6 is 0 Å². The Balaban J connectivity index is 2.65. The fourth-order valence-corrected chi connectivity index (χ4v) is 1.36. The first-order valence-corrected chi connectivity index (χ1v) is 3.89. The number of aliphatic hydroxyl groups excluding tert-OH is 1. The van der Waals surface area contributed by atoms with Crippen molar-refractivity contribution in [2.45, 2.75) is 44.9 Å². The summed E-state index contributed by atoms with van der Waals surface area (Å²) in [6.07, 6.45) is -1.89. The van der Waals surface area contributed by atoms with Crippen molar-refractivity contribution in [1.82, 2.24) is 0 Å². The highest BCUT2D eigenvalue weighted by molar-refractivity contribution is 4.95.